The average molecular weight is 243 g/mol. The maximum Gasteiger partial charge on any atom is 0.356 e. The molecule has 5 heteroatoms. The van der Waals surface area contributed by atoms with E-state index < -0.39 is 5.97 Å². The maximum absolute atomic E-state index is 10.6. The van der Waals surface area contributed by atoms with Gasteiger partial charge in [-0.2, -0.15) is 0 Å². The highest BCUT2D eigenvalue weighted by atomic mass is 16.4. The highest BCUT2D eigenvalue weighted by Gasteiger charge is 2.04. The van der Waals surface area contributed by atoms with Crippen LogP contribution in [-0.4, -0.2) is 21.3 Å². The van der Waals surface area contributed by atoms with E-state index in [1.807, 2.05) is 24.3 Å². The minimum absolute atomic E-state index is 0.0677. The van der Waals surface area contributed by atoms with Crippen molar-refractivity contribution >= 4 is 17.5 Å². The van der Waals surface area contributed by atoms with Gasteiger partial charge in [-0.05, 0) is 36.2 Å². The van der Waals surface area contributed by atoms with E-state index in [2.05, 4.69) is 22.4 Å². The first-order valence-electron chi connectivity index (χ1n) is 5.62. The number of nitrogens with zero attached hydrogens (tertiary/aromatic N) is 2. The predicted molar refractivity (Wildman–Crippen MR) is 68.1 cm³/mol. The molecule has 0 saturated heterocycles. The molecule has 0 atom stereocenters. The minimum Gasteiger partial charge on any atom is -0.476 e. The summed E-state index contributed by atoms with van der Waals surface area (Å²) in [6.45, 7) is 2.10. The van der Waals surface area contributed by atoms with E-state index in [0.29, 0.717) is 5.82 Å². The fourth-order valence-corrected chi connectivity index (χ4v) is 1.48. The van der Waals surface area contributed by atoms with Crippen LogP contribution in [0.5, 0.6) is 0 Å². The molecule has 2 aromatic rings. The van der Waals surface area contributed by atoms with Crippen molar-refractivity contribution in [2.45, 2.75) is 13.3 Å². The molecule has 0 aliphatic carbocycles. The second-order valence-corrected chi connectivity index (χ2v) is 3.78. The number of nitrogens with one attached hydrogen (secondary N) is 1. The molecule has 0 bridgehead atoms. The molecule has 2 rings (SSSR count). The SMILES string of the molecule is CCc1ccc(Nc2ccc(C(=O)O)nn2)cc1. The van der Waals surface area contributed by atoms with E-state index in [4.69, 9.17) is 5.11 Å². The summed E-state index contributed by atoms with van der Waals surface area (Å²) < 4.78 is 0. The van der Waals surface area contributed by atoms with Crippen LogP contribution in [0, 0.1) is 0 Å². The third-order valence-corrected chi connectivity index (χ3v) is 2.52. The second-order valence-electron chi connectivity index (χ2n) is 3.78. The highest BCUT2D eigenvalue weighted by Crippen LogP contribution is 2.15. The number of carboxylic acids is 1. The van der Waals surface area contributed by atoms with Gasteiger partial charge < -0.3 is 10.4 Å². The number of hydrogen-bond acceptors (Lipinski definition) is 4. The number of benzene rings is 1. The molecular weight excluding hydrogens is 230 g/mol. The molecule has 2 N–H and O–H groups in total. The van der Waals surface area contributed by atoms with Crippen molar-refractivity contribution in [1.82, 2.24) is 10.2 Å². The Balaban J connectivity index is 2.10. The fraction of sp³-hybridized carbons (Fsp3) is 0.154. The van der Waals surface area contributed by atoms with Gasteiger partial charge in [-0.25, -0.2) is 4.79 Å². The smallest absolute Gasteiger partial charge is 0.356 e. The normalized spacial score (nSPS) is 10.1. The summed E-state index contributed by atoms with van der Waals surface area (Å²) in [5.74, 6) is -0.564. The van der Waals surface area contributed by atoms with Gasteiger partial charge >= 0.3 is 5.97 Å². The van der Waals surface area contributed by atoms with Crippen molar-refractivity contribution in [2.24, 2.45) is 0 Å². The first-order valence-corrected chi connectivity index (χ1v) is 5.62. The lowest BCUT2D eigenvalue weighted by atomic mass is 10.1. The topological polar surface area (TPSA) is 75.1 Å². The number of aromatic carboxylic acids is 1. The lowest BCUT2D eigenvalue weighted by molar-refractivity contribution is 0.0689. The van der Waals surface area contributed by atoms with Crippen LogP contribution < -0.4 is 5.32 Å². The summed E-state index contributed by atoms with van der Waals surface area (Å²) in [7, 11) is 0. The van der Waals surface area contributed by atoms with Gasteiger partial charge in [0.05, 0.1) is 0 Å². The summed E-state index contributed by atoms with van der Waals surface area (Å²) in [6.07, 6.45) is 0.993. The van der Waals surface area contributed by atoms with Crippen molar-refractivity contribution in [3.63, 3.8) is 0 Å². The van der Waals surface area contributed by atoms with Crippen LogP contribution in [0.1, 0.15) is 23.0 Å². The zero-order valence-electron chi connectivity index (χ0n) is 9.92. The Kier molecular flexibility index (Phi) is 3.52. The molecule has 1 heterocycles. The maximum atomic E-state index is 10.6. The Morgan fingerprint density at radius 1 is 1.17 bits per heavy atom. The fourth-order valence-electron chi connectivity index (χ4n) is 1.48. The Morgan fingerprint density at radius 3 is 2.39 bits per heavy atom. The van der Waals surface area contributed by atoms with Crippen molar-refractivity contribution in [3.05, 3.63) is 47.7 Å². The summed E-state index contributed by atoms with van der Waals surface area (Å²) in [5, 5.41) is 19.1. The van der Waals surface area contributed by atoms with Gasteiger partial charge in [-0.3, -0.25) is 0 Å². The quantitative estimate of drug-likeness (QED) is 0.862. The lowest BCUT2D eigenvalue weighted by Crippen LogP contribution is -2.03. The number of aryl methyl sites for hydroxylation is 1. The van der Waals surface area contributed by atoms with Gasteiger partial charge in [0, 0.05) is 5.69 Å². The van der Waals surface area contributed by atoms with Gasteiger partial charge in [-0.1, -0.05) is 19.1 Å². The summed E-state index contributed by atoms with van der Waals surface area (Å²) in [6, 6.07) is 11.0. The summed E-state index contributed by atoms with van der Waals surface area (Å²) >= 11 is 0. The van der Waals surface area contributed by atoms with E-state index in [1.54, 1.807) is 6.07 Å². The van der Waals surface area contributed by atoms with Crippen LogP contribution in [0.2, 0.25) is 0 Å². The van der Waals surface area contributed by atoms with Crippen LogP contribution in [0.15, 0.2) is 36.4 Å². The summed E-state index contributed by atoms with van der Waals surface area (Å²) in [4.78, 5) is 10.6. The monoisotopic (exact) mass is 243 g/mol. The molecule has 0 saturated carbocycles. The molecule has 1 aromatic heterocycles. The van der Waals surface area contributed by atoms with Crippen LogP contribution in [0.25, 0.3) is 0 Å². The van der Waals surface area contributed by atoms with E-state index in [1.165, 1.54) is 11.6 Å². The zero-order chi connectivity index (χ0) is 13.0. The molecule has 0 aliphatic rings. The molecule has 92 valence electrons. The minimum atomic E-state index is -1.08. The molecule has 0 unspecified atom stereocenters. The van der Waals surface area contributed by atoms with E-state index >= 15 is 0 Å². The van der Waals surface area contributed by atoms with E-state index in [9.17, 15) is 4.79 Å². The van der Waals surface area contributed by atoms with Crippen LogP contribution in [-0.2, 0) is 6.42 Å². The van der Waals surface area contributed by atoms with Gasteiger partial charge in [-0.15, -0.1) is 10.2 Å². The molecule has 1 aromatic carbocycles. The highest BCUT2D eigenvalue weighted by molar-refractivity contribution is 5.85. The molecule has 0 amide bonds. The van der Waals surface area contributed by atoms with Crippen LogP contribution >= 0.6 is 0 Å². The molecule has 0 aliphatic heterocycles. The number of aromatic nitrogens is 2. The Morgan fingerprint density at radius 2 is 1.89 bits per heavy atom. The van der Waals surface area contributed by atoms with E-state index in [-0.39, 0.29) is 5.69 Å². The van der Waals surface area contributed by atoms with Crippen molar-refractivity contribution in [1.29, 1.82) is 0 Å². The van der Waals surface area contributed by atoms with Gasteiger partial charge in [0.2, 0.25) is 0 Å². The molecule has 0 spiro atoms. The van der Waals surface area contributed by atoms with Crippen molar-refractivity contribution in [2.75, 3.05) is 5.32 Å². The Labute approximate surface area is 104 Å². The molecule has 0 fully saturated rings. The molecule has 5 nitrogen and oxygen atoms in total. The molecule has 0 radical (unpaired) electrons. The standard InChI is InChI=1S/C13H13N3O2/c1-2-9-3-5-10(6-4-9)14-12-8-7-11(13(17)18)15-16-12/h3-8H,2H2,1H3,(H,14,16)(H,17,18). The third-order valence-electron chi connectivity index (χ3n) is 2.52. The largest absolute Gasteiger partial charge is 0.476 e. The van der Waals surface area contributed by atoms with Crippen LogP contribution in [0.3, 0.4) is 0 Å². The zero-order valence-corrected chi connectivity index (χ0v) is 9.92. The second kappa shape index (κ2) is 5.27. The predicted octanol–water partition coefficient (Wildman–Crippen LogP) is 2.48. The van der Waals surface area contributed by atoms with Crippen molar-refractivity contribution in [3.8, 4) is 0 Å². The number of rotatable bonds is 4. The Hall–Kier alpha value is -2.43. The van der Waals surface area contributed by atoms with Gasteiger partial charge in [0.1, 0.15) is 0 Å². The average Bonchev–Trinajstić information content (AvgIpc) is 2.40. The van der Waals surface area contributed by atoms with Gasteiger partial charge in [0.25, 0.3) is 0 Å². The van der Waals surface area contributed by atoms with Crippen LogP contribution in [0.4, 0.5) is 11.5 Å². The lowest BCUT2D eigenvalue weighted by Gasteiger charge is -2.05. The number of carboxylic acid groups (broad SMARTS) is 1. The first kappa shape index (κ1) is 12.0. The van der Waals surface area contributed by atoms with Crippen molar-refractivity contribution < 1.29 is 9.90 Å². The Bertz CT molecular complexity index is 535. The number of carbonyl (C=O) groups is 1. The van der Waals surface area contributed by atoms with Gasteiger partial charge in [0.15, 0.2) is 11.5 Å². The third kappa shape index (κ3) is 2.82. The number of hydrogen-bond donors (Lipinski definition) is 2. The summed E-state index contributed by atoms with van der Waals surface area (Å²) in [5.41, 5.74) is 2.08. The first-order chi connectivity index (χ1) is 8.69. The van der Waals surface area contributed by atoms with E-state index in [0.717, 1.165) is 12.1 Å². The molecule has 18 heavy (non-hydrogen) atoms. The number of anilines is 2. The molecular formula is C13H13N3O2.